The normalized spacial score (nSPS) is 10.6. The van der Waals surface area contributed by atoms with Gasteiger partial charge in [-0.2, -0.15) is 0 Å². The second-order valence-electron chi connectivity index (χ2n) is 5.07. The first-order chi connectivity index (χ1) is 12.0. The van der Waals surface area contributed by atoms with Crippen LogP contribution in [0.2, 0.25) is 15.1 Å². The van der Waals surface area contributed by atoms with Crippen LogP contribution in [0, 0.1) is 0 Å². The quantitative estimate of drug-likeness (QED) is 0.574. The molecule has 0 fully saturated rings. The molecule has 4 nitrogen and oxygen atoms in total. The van der Waals surface area contributed by atoms with Gasteiger partial charge in [0.2, 0.25) is 0 Å². The molecule has 1 N–H and O–H groups in total. The van der Waals surface area contributed by atoms with Crippen molar-refractivity contribution < 1.29 is 13.9 Å². The van der Waals surface area contributed by atoms with Crippen molar-refractivity contribution in [3.8, 4) is 17.1 Å². The highest BCUT2D eigenvalue weighted by atomic mass is 35.5. The predicted octanol–water partition coefficient (Wildman–Crippen LogP) is 6.17. The van der Waals surface area contributed by atoms with Gasteiger partial charge in [0.25, 0.3) is 5.91 Å². The van der Waals surface area contributed by atoms with Crippen LogP contribution in [0.3, 0.4) is 0 Å². The summed E-state index contributed by atoms with van der Waals surface area (Å²) in [6, 6.07) is 13.4. The van der Waals surface area contributed by atoms with Crippen LogP contribution in [0.5, 0.6) is 5.75 Å². The Morgan fingerprint density at radius 1 is 1.04 bits per heavy atom. The molecule has 0 radical (unpaired) electrons. The third-order valence-electron chi connectivity index (χ3n) is 3.46. The van der Waals surface area contributed by atoms with E-state index in [0.717, 1.165) is 0 Å². The van der Waals surface area contributed by atoms with Crippen molar-refractivity contribution in [2.45, 2.75) is 0 Å². The van der Waals surface area contributed by atoms with Gasteiger partial charge in [-0.3, -0.25) is 4.79 Å². The van der Waals surface area contributed by atoms with E-state index in [-0.39, 0.29) is 5.76 Å². The molecular formula is C18H12Cl3NO3. The van der Waals surface area contributed by atoms with Crippen LogP contribution in [0.1, 0.15) is 10.6 Å². The number of benzene rings is 2. The second kappa shape index (κ2) is 7.40. The molecular weight excluding hydrogens is 385 g/mol. The summed E-state index contributed by atoms with van der Waals surface area (Å²) in [5.74, 6) is 0.699. The maximum Gasteiger partial charge on any atom is 0.291 e. The van der Waals surface area contributed by atoms with E-state index in [2.05, 4.69) is 5.32 Å². The Kier molecular flexibility index (Phi) is 5.23. The van der Waals surface area contributed by atoms with Gasteiger partial charge in [-0.25, -0.2) is 0 Å². The predicted molar refractivity (Wildman–Crippen MR) is 100 cm³/mol. The Balaban J connectivity index is 1.81. The summed E-state index contributed by atoms with van der Waals surface area (Å²) in [4.78, 5) is 12.3. The molecule has 0 bridgehead atoms. The first-order valence-corrected chi connectivity index (χ1v) is 8.32. The van der Waals surface area contributed by atoms with Crippen molar-refractivity contribution in [2.75, 3.05) is 12.4 Å². The summed E-state index contributed by atoms with van der Waals surface area (Å²) < 4.78 is 10.7. The van der Waals surface area contributed by atoms with Crippen LogP contribution < -0.4 is 10.1 Å². The molecule has 0 aliphatic carbocycles. The lowest BCUT2D eigenvalue weighted by atomic mass is 10.2. The van der Waals surface area contributed by atoms with E-state index in [1.54, 1.807) is 48.5 Å². The Morgan fingerprint density at radius 3 is 2.56 bits per heavy atom. The average Bonchev–Trinajstić information content (AvgIpc) is 3.07. The highest BCUT2D eigenvalue weighted by molar-refractivity contribution is 6.43. The van der Waals surface area contributed by atoms with Crippen LogP contribution in [0.15, 0.2) is 52.9 Å². The molecule has 3 rings (SSSR count). The summed E-state index contributed by atoms with van der Waals surface area (Å²) in [7, 11) is 1.52. The summed E-state index contributed by atoms with van der Waals surface area (Å²) in [5.41, 5.74) is 1.13. The maximum absolute atomic E-state index is 12.3. The van der Waals surface area contributed by atoms with Crippen LogP contribution >= 0.6 is 34.8 Å². The molecule has 0 unspecified atom stereocenters. The van der Waals surface area contributed by atoms with Crippen molar-refractivity contribution in [3.63, 3.8) is 0 Å². The summed E-state index contributed by atoms with van der Waals surface area (Å²) in [5, 5.41) is 3.88. The van der Waals surface area contributed by atoms with Crippen molar-refractivity contribution in [1.82, 2.24) is 0 Å². The Hall–Kier alpha value is -2.14. The fourth-order valence-corrected chi connectivity index (χ4v) is 2.89. The van der Waals surface area contributed by atoms with E-state index in [1.807, 2.05) is 0 Å². The molecule has 7 heteroatoms. The smallest absolute Gasteiger partial charge is 0.291 e. The van der Waals surface area contributed by atoms with Gasteiger partial charge in [-0.1, -0.05) is 40.9 Å². The number of carbonyl (C=O) groups excluding carboxylic acids is 1. The average molecular weight is 397 g/mol. The fraction of sp³-hybridized carbons (Fsp3) is 0.0556. The lowest BCUT2D eigenvalue weighted by Gasteiger charge is -2.07. The molecule has 1 heterocycles. The van der Waals surface area contributed by atoms with Gasteiger partial charge < -0.3 is 14.5 Å². The van der Waals surface area contributed by atoms with Crippen LogP contribution in [0.4, 0.5) is 5.69 Å². The lowest BCUT2D eigenvalue weighted by molar-refractivity contribution is 0.0997. The van der Waals surface area contributed by atoms with Gasteiger partial charge in [-0.05, 0) is 42.5 Å². The first-order valence-electron chi connectivity index (χ1n) is 7.18. The number of methoxy groups -OCH3 is 1. The molecule has 1 amide bonds. The van der Waals surface area contributed by atoms with Crippen LogP contribution in [0.25, 0.3) is 11.3 Å². The molecule has 2 aromatic carbocycles. The van der Waals surface area contributed by atoms with E-state index >= 15 is 0 Å². The monoisotopic (exact) mass is 395 g/mol. The number of hydrogen-bond acceptors (Lipinski definition) is 3. The number of halogens is 3. The fourth-order valence-electron chi connectivity index (χ4n) is 2.24. The number of carbonyl (C=O) groups is 1. The van der Waals surface area contributed by atoms with E-state index in [0.29, 0.717) is 37.8 Å². The minimum absolute atomic E-state index is 0.137. The van der Waals surface area contributed by atoms with E-state index in [9.17, 15) is 4.79 Å². The number of anilines is 1. The number of furan rings is 1. The van der Waals surface area contributed by atoms with Crippen molar-refractivity contribution in [1.29, 1.82) is 0 Å². The zero-order valence-corrected chi connectivity index (χ0v) is 15.2. The minimum atomic E-state index is -0.411. The molecule has 128 valence electrons. The van der Waals surface area contributed by atoms with Gasteiger partial charge in [0.1, 0.15) is 11.5 Å². The van der Waals surface area contributed by atoms with Crippen molar-refractivity contribution in [3.05, 3.63) is 69.4 Å². The number of hydrogen-bond donors (Lipinski definition) is 1. The van der Waals surface area contributed by atoms with Crippen LogP contribution in [-0.2, 0) is 0 Å². The van der Waals surface area contributed by atoms with E-state index < -0.39 is 5.91 Å². The molecule has 0 aliphatic heterocycles. The highest BCUT2D eigenvalue weighted by Crippen LogP contribution is 2.34. The van der Waals surface area contributed by atoms with E-state index in [4.69, 9.17) is 44.0 Å². The molecule has 0 aliphatic rings. The first kappa shape index (κ1) is 17.7. The zero-order chi connectivity index (χ0) is 18.0. The van der Waals surface area contributed by atoms with Crippen molar-refractivity contribution >= 4 is 46.4 Å². The van der Waals surface area contributed by atoms with Gasteiger partial charge >= 0.3 is 0 Å². The van der Waals surface area contributed by atoms with Gasteiger partial charge in [0.05, 0.1) is 22.2 Å². The zero-order valence-electron chi connectivity index (χ0n) is 13.0. The largest absolute Gasteiger partial charge is 0.495 e. The van der Waals surface area contributed by atoms with Gasteiger partial charge in [0.15, 0.2) is 5.76 Å². The highest BCUT2D eigenvalue weighted by Gasteiger charge is 2.15. The minimum Gasteiger partial charge on any atom is -0.495 e. The lowest BCUT2D eigenvalue weighted by Crippen LogP contribution is -2.10. The van der Waals surface area contributed by atoms with E-state index in [1.165, 1.54) is 7.11 Å². The number of rotatable bonds is 4. The maximum atomic E-state index is 12.3. The van der Waals surface area contributed by atoms with Gasteiger partial charge in [-0.15, -0.1) is 0 Å². The SMILES string of the molecule is COc1ccc(NC(=O)c2ccc(-c3cccc(Cl)c3Cl)o2)cc1Cl. The number of amides is 1. The Bertz CT molecular complexity index is 937. The topological polar surface area (TPSA) is 51.5 Å². The summed E-state index contributed by atoms with van der Waals surface area (Å²) in [6.45, 7) is 0. The molecule has 0 saturated carbocycles. The summed E-state index contributed by atoms with van der Waals surface area (Å²) >= 11 is 18.2. The molecule has 0 saturated heterocycles. The third kappa shape index (κ3) is 3.76. The molecule has 1 aromatic heterocycles. The number of ether oxygens (including phenoxy) is 1. The molecule has 25 heavy (non-hydrogen) atoms. The molecule has 0 spiro atoms. The van der Waals surface area contributed by atoms with Crippen LogP contribution in [-0.4, -0.2) is 13.0 Å². The molecule has 3 aromatic rings. The summed E-state index contributed by atoms with van der Waals surface area (Å²) in [6.07, 6.45) is 0. The Morgan fingerprint density at radius 2 is 1.84 bits per heavy atom. The Labute approximate surface area is 159 Å². The van der Waals surface area contributed by atoms with Gasteiger partial charge in [0, 0.05) is 11.3 Å². The van der Waals surface area contributed by atoms with Crippen molar-refractivity contribution in [2.24, 2.45) is 0 Å². The molecule has 0 atom stereocenters. The second-order valence-corrected chi connectivity index (χ2v) is 6.26. The number of nitrogens with one attached hydrogen (secondary N) is 1. The third-order valence-corrected chi connectivity index (χ3v) is 4.57. The standard InChI is InChI=1S/C18H12Cl3NO3/c1-24-15-6-5-10(9-13(15)20)22-18(23)16-8-7-14(25-16)11-3-2-4-12(19)17(11)21/h2-9H,1H3,(H,22,23).